The molecule has 0 amide bonds. The zero-order chi connectivity index (χ0) is 17.0. The van der Waals surface area contributed by atoms with Gasteiger partial charge in [-0.25, -0.2) is 0 Å². The van der Waals surface area contributed by atoms with Crippen molar-refractivity contribution in [1.82, 2.24) is 0 Å². The molecule has 0 aliphatic heterocycles. The Morgan fingerprint density at radius 1 is 0.583 bits per heavy atom. The summed E-state index contributed by atoms with van der Waals surface area (Å²) in [5.74, 6) is 0. The van der Waals surface area contributed by atoms with Gasteiger partial charge < -0.3 is 10.4 Å². The third-order valence-electron chi connectivity index (χ3n) is 4.03. The average Bonchev–Trinajstić information content (AvgIpc) is 2.66. The second kappa shape index (κ2) is 10.2. The molecule has 4 nitrogen and oxygen atoms in total. The minimum absolute atomic E-state index is 0.734. The Balaban J connectivity index is 1.68. The number of nitrogens with zero attached hydrogens (tertiary/aromatic N) is 2. The van der Waals surface area contributed by atoms with Crippen molar-refractivity contribution in [2.75, 3.05) is 0 Å². The van der Waals surface area contributed by atoms with Gasteiger partial charge in [0.15, 0.2) is 0 Å². The zero-order valence-electron chi connectivity index (χ0n) is 13.8. The van der Waals surface area contributed by atoms with Crippen LogP contribution in [-0.2, 0) is 0 Å². The molecule has 0 heterocycles. The molecule has 2 rings (SSSR count). The van der Waals surface area contributed by atoms with Gasteiger partial charge in [0.1, 0.15) is 0 Å². The van der Waals surface area contributed by atoms with E-state index >= 15 is 0 Å². The lowest BCUT2D eigenvalue weighted by Gasteiger charge is -2.06. The fourth-order valence-electron chi connectivity index (χ4n) is 2.70. The molecule has 0 radical (unpaired) electrons. The molecule has 0 bridgehead atoms. The van der Waals surface area contributed by atoms with Crippen LogP contribution < -0.4 is 0 Å². The summed E-state index contributed by atoms with van der Waals surface area (Å²) in [6.45, 7) is 0. The third-order valence-corrected chi connectivity index (χ3v) is 4.03. The Morgan fingerprint density at radius 2 is 0.958 bits per heavy atom. The van der Waals surface area contributed by atoms with Crippen molar-refractivity contribution < 1.29 is 10.4 Å². The molecule has 0 aliphatic rings. The van der Waals surface area contributed by atoms with Crippen molar-refractivity contribution in [2.24, 2.45) is 10.3 Å². The smallest absolute Gasteiger partial charge is 0.0867 e. The second-order valence-corrected chi connectivity index (χ2v) is 5.74. The van der Waals surface area contributed by atoms with E-state index in [4.69, 9.17) is 10.4 Å². The summed E-state index contributed by atoms with van der Waals surface area (Å²) in [5.41, 5.74) is 3.41. The van der Waals surface area contributed by atoms with Gasteiger partial charge >= 0.3 is 0 Å². The number of oxime groups is 2. The van der Waals surface area contributed by atoms with E-state index < -0.39 is 0 Å². The monoisotopic (exact) mass is 324 g/mol. The van der Waals surface area contributed by atoms with E-state index in [9.17, 15) is 0 Å². The van der Waals surface area contributed by atoms with Gasteiger partial charge in [-0.2, -0.15) is 0 Å². The summed E-state index contributed by atoms with van der Waals surface area (Å²) in [6, 6.07) is 19.5. The zero-order valence-corrected chi connectivity index (χ0v) is 13.8. The summed E-state index contributed by atoms with van der Waals surface area (Å²) in [4.78, 5) is 0. The molecule has 2 aromatic rings. The van der Waals surface area contributed by atoms with Crippen LogP contribution in [0, 0.1) is 0 Å². The highest BCUT2D eigenvalue weighted by Crippen LogP contribution is 2.13. The Kier molecular flexibility index (Phi) is 7.54. The normalized spacial score (nSPS) is 12.3. The Morgan fingerprint density at radius 3 is 1.29 bits per heavy atom. The lowest BCUT2D eigenvalue weighted by molar-refractivity contribution is 0.317. The van der Waals surface area contributed by atoms with Gasteiger partial charge in [0, 0.05) is 0 Å². The quantitative estimate of drug-likeness (QED) is 0.292. The van der Waals surface area contributed by atoms with Gasteiger partial charge in [0.25, 0.3) is 0 Å². The number of unbranched alkanes of at least 4 members (excludes halogenated alkanes) is 3. The Hall–Kier alpha value is -2.62. The SMILES string of the molecule is O/N=C(\CCCCCC/C(=N\O)c1ccccc1)c1ccccc1. The van der Waals surface area contributed by atoms with E-state index in [0.29, 0.717) is 0 Å². The summed E-state index contributed by atoms with van der Waals surface area (Å²) in [6.07, 6.45) is 5.59. The molecule has 0 spiro atoms. The van der Waals surface area contributed by atoms with Gasteiger partial charge in [0.05, 0.1) is 11.4 Å². The van der Waals surface area contributed by atoms with Gasteiger partial charge in [-0.15, -0.1) is 0 Å². The van der Waals surface area contributed by atoms with E-state index in [1.54, 1.807) is 0 Å². The van der Waals surface area contributed by atoms with Crippen molar-refractivity contribution in [1.29, 1.82) is 0 Å². The molecule has 2 aromatic carbocycles. The first-order chi connectivity index (χ1) is 11.8. The van der Waals surface area contributed by atoms with E-state index in [-0.39, 0.29) is 0 Å². The lowest BCUT2D eigenvalue weighted by atomic mass is 10.0. The minimum Gasteiger partial charge on any atom is -0.411 e. The molecular weight excluding hydrogens is 300 g/mol. The summed E-state index contributed by atoms with van der Waals surface area (Å²) in [5, 5.41) is 25.2. The Bertz CT molecular complexity index is 592. The van der Waals surface area contributed by atoms with Gasteiger partial charge in [0.2, 0.25) is 0 Å². The van der Waals surface area contributed by atoms with E-state index in [2.05, 4.69) is 10.3 Å². The predicted molar refractivity (Wildman–Crippen MR) is 97.2 cm³/mol. The van der Waals surface area contributed by atoms with Gasteiger partial charge in [-0.05, 0) is 36.8 Å². The molecule has 0 unspecified atom stereocenters. The van der Waals surface area contributed by atoms with E-state index in [1.165, 1.54) is 0 Å². The van der Waals surface area contributed by atoms with Crippen LogP contribution >= 0.6 is 0 Å². The van der Waals surface area contributed by atoms with Crippen LogP contribution in [0.25, 0.3) is 0 Å². The molecule has 0 fully saturated rings. The average molecular weight is 324 g/mol. The summed E-state index contributed by atoms with van der Waals surface area (Å²) < 4.78 is 0. The van der Waals surface area contributed by atoms with E-state index in [1.807, 2.05) is 60.7 Å². The standard InChI is InChI=1S/C20H24N2O2/c23-21-19(17-11-5-3-6-12-17)15-9-1-2-10-16-20(22-24)18-13-7-4-8-14-18/h3-8,11-14,23-24H,1-2,9-10,15-16H2/b21-19+,22-20+. The number of benzene rings is 2. The van der Waals surface area contributed by atoms with Crippen LogP contribution in [0.4, 0.5) is 0 Å². The lowest BCUT2D eigenvalue weighted by Crippen LogP contribution is -2.02. The third kappa shape index (κ3) is 5.54. The molecule has 4 heteroatoms. The second-order valence-electron chi connectivity index (χ2n) is 5.74. The highest BCUT2D eigenvalue weighted by Gasteiger charge is 2.05. The minimum atomic E-state index is 0.734. The predicted octanol–water partition coefficient (Wildman–Crippen LogP) is 5.08. The van der Waals surface area contributed by atoms with Gasteiger partial charge in [-0.1, -0.05) is 83.8 Å². The fraction of sp³-hybridized carbons (Fsp3) is 0.300. The van der Waals surface area contributed by atoms with Crippen LogP contribution in [0.1, 0.15) is 49.7 Å². The number of hydrogen-bond acceptors (Lipinski definition) is 4. The number of rotatable bonds is 9. The van der Waals surface area contributed by atoms with Crippen LogP contribution in [0.2, 0.25) is 0 Å². The van der Waals surface area contributed by atoms with Crippen LogP contribution in [-0.4, -0.2) is 21.8 Å². The van der Waals surface area contributed by atoms with Crippen molar-refractivity contribution in [2.45, 2.75) is 38.5 Å². The molecule has 0 aliphatic carbocycles. The number of hydrogen-bond donors (Lipinski definition) is 2. The van der Waals surface area contributed by atoms with Crippen LogP contribution in [0.15, 0.2) is 71.0 Å². The molecule has 126 valence electrons. The molecular formula is C20H24N2O2. The summed E-state index contributed by atoms with van der Waals surface area (Å²) in [7, 11) is 0. The first kappa shape index (κ1) is 17.7. The summed E-state index contributed by atoms with van der Waals surface area (Å²) >= 11 is 0. The largest absolute Gasteiger partial charge is 0.411 e. The van der Waals surface area contributed by atoms with E-state index in [0.717, 1.165) is 61.1 Å². The topological polar surface area (TPSA) is 65.2 Å². The molecule has 24 heavy (non-hydrogen) atoms. The molecule has 0 aromatic heterocycles. The molecule has 2 N–H and O–H groups in total. The molecule has 0 saturated carbocycles. The van der Waals surface area contributed by atoms with Gasteiger partial charge in [-0.3, -0.25) is 0 Å². The maximum Gasteiger partial charge on any atom is 0.0867 e. The van der Waals surface area contributed by atoms with Crippen molar-refractivity contribution in [3.05, 3.63) is 71.8 Å². The van der Waals surface area contributed by atoms with Crippen LogP contribution in [0.5, 0.6) is 0 Å². The Labute approximate surface area is 143 Å². The van der Waals surface area contributed by atoms with Crippen molar-refractivity contribution in [3.8, 4) is 0 Å². The molecule has 0 atom stereocenters. The van der Waals surface area contributed by atoms with Crippen LogP contribution in [0.3, 0.4) is 0 Å². The van der Waals surface area contributed by atoms with Crippen molar-refractivity contribution >= 4 is 11.4 Å². The fourth-order valence-corrected chi connectivity index (χ4v) is 2.70. The molecule has 0 saturated heterocycles. The highest BCUT2D eigenvalue weighted by atomic mass is 16.4. The maximum atomic E-state index is 9.16. The highest BCUT2D eigenvalue weighted by molar-refractivity contribution is 6.00. The first-order valence-corrected chi connectivity index (χ1v) is 8.38. The first-order valence-electron chi connectivity index (χ1n) is 8.38. The maximum absolute atomic E-state index is 9.16. The van der Waals surface area contributed by atoms with Crippen molar-refractivity contribution in [3.63, 3.8) is 0 Å².